The summed E-state index contributed by atoms with van der Waals surface area (Å²) in [5.74, 6) is 0. The van der Waals surface area contributed by atoms with E-state index in [0.29, 0.717) is 0 Å². The van der Waals surface area contributed by atoms with Crippen molar-refractivity contribution >= 4 is 6.08 Å². The van der Waals surface area contributed by atoms with Gasteiger partial charge < -0.3 is 0 Å². The van der Waals surface area contributed by atoms with Crippen molar-refractivity contribution in [3.63, 3.8) is 0 Å². The number of aryl methyl sites for hydroxylation is 2. The Morgan fingerprint density at radius 2 is 1.50 bits per heavy atom. The average Bonchev–Trinajstić information content (AvgIpc) is 2.49. The first-order valence-electron chi connectivity index (χ1n) is 8.56. The molecule has 0 saturated heterocycles. The van der Waals surface area contributed by atoms with Crippen molar-refractivity contribution in [1.29, 1.82) is 0 Å². The van der Waals surface area contributed by atoms with E-state index in [4.69, 9.17) is 0 Å². The first kappa shape index (κ1) is 17.0. The minimum Gasteiger partial charge on any atom is -0.0985 e. The Morgan fingerprint density at radius 1 is 0.850 bits per heavy atom. The Balaban J connectivity index is 2.49. The summed E-state index contributed by atoms with van der Waals surface area (Å²) in [4.78, 5) is 0. The van der Waals surface area contributed by atoms with E-state index >= 15 is 0 Å². The summed E-state index contributed by atoms with van der Waals surface area (Å²) >= 11 is 0. The van der Waals surface area contributed by atoms with Crippen molar-refractivity contribution in [2.24, 2.45) is 0 Å². The monoisotopic (exact) mass is 272 g/mol. The molecule has 0 aliphatic heterocycles. The Hall–Kier alpha value is -1.04. The standard InChI is InChI=1S/C20H32/c1-4-7-9-11-13-18-15-16-20(19(6-3)17-18)14-12-10-8-5-2/h6,15-17H,3-5,7-14H2,1-2H3. The minimum absolute atomic E-state index is 1.21. The molecule has 0 saturated carbocycles. The molecule has 0 aromatic heterocycles. The van der Waals surface area contributed by atoms with Crippen molar-refractivity contribution in [1.82, 2.24) is 0 Å². The molecule has 0 heteroatoms. The van der Waals surface area contributed by atoms with Gasteiger partial charge in [0.1, 0.15) is 0 Å². The fourth-order valence-corrected chi connectivity index (χ4v) is 2.72. The van der Waals surface area contributed by atoms with Crippen LogP contribution in [0.2, 0.25) is 0 Å². The van der Waals surface area contributed by atoms with Crippen LogP contribution in [0.3, 0.4) is 0 Å². The summed E-state index contributed by atoms with van der Waals surface area (Å²) in [6.07, 6.45) is 15.1. The third-order valence-electron chi connectivity index (χ3n) is 4.05. The lowest BCUT2D eigenvalue weighted by Crippen LogP contribution is -1.94. The predicted molar refractivity (Wildman–Crippen MR) is 92.2 cm³/mol. The van der Waals surface area contributed by atoms with Gasteiger partial charge in [-0.05, 0) is 42.4 Å². The van der Waals surface area contributed by atoms with E-state index in [9.17, 15) is 0 Å². The maximum absolute atomic E-state index is 3.99. The van der Waals surface area contributed by atoms with Crippen LogP contribution in [0.5, 0.6) is 0 Å². The lowest BCUT2D eigenvalue weighted by atomic mass is 9.96. The number of hydrogen-bond acceptors (Lipinski definition) is 0. The molecule has 0 radical (unpaired) electrons. The molecule has 20 heavy (non-hydrogen) atoms. The van der Waals surface area contributed by atoms with Crippen LogP contribution >= 0.6 is 0 Å². The molecule has 0 nitrogen and oxygen atoms in total. The van der Waals surface area contributed by atoms with Crippen molar-refractivity contribution in [3.8, 4) is 0 Å². The lowest BCUT2D eigenvalue weighted by Gasteiger charge is -2.09. The third kappa shape index (κ3) is 6.41. The van der Waals surface area contributed by atoms with Gasteiger partial charge >= 0.3 is 0 Å². The summed E-state index contributed by atoms with van der Waals surface area (Å²) in [5, 5.41) is 0. The van der Waals surface area contributed by atoms with E-state index in [-0.39, 0.29) is 0 Å². The summed E-state index contributed by atoms with van der Waals surface area (Å²) in [6.45, 7) is 8.52. The van der Waals surface area contributed by atoms with Gasteiger partial charge in [-0.25, -0.2) is 0 Å². The zero-order valence-corrected chi connectivity index (χ0v) is 13.6. The summed E-state index contributed by atoms with van der Waals surface area (Å²) in [7, 11) is 0. The zero-order chi connectivity index (χ0) is 14.6. The summed E-state index contributed by atoms with van der Waals surface area (Å²) in [5.41, 5.74) is 4.32. The highest BCUT2D eigenvalue weighted by molar-refractivity contribution is 5.53. The zero-order valence-electron chi connectivity index (χ0n) is 13.6. The van der Waals surface area contributed by atoms with Gasteiger partial charge in [0.25, 0.3) is 0 Å². The fourth-order valence-electron chi connectivity index (χ4n) is 2.72. The molecule has 0 spiro atoms. The van der Waals surface area contributed by atoms with Gasteiger partial charge in [0.15, 0.2) is 0 Å². The normalized spacial score (nSPS) is 10.7. The van der Waals surface area contributed by atoms with Crippen molar-refractivity contribution in [3.05, 3.63) is 41.5 Å². The molecule has 0 atom stereocenters. The van der Waals surface area contributed by atoms with Crippen LogP contribution < -0.4 is 0 Å². The molecule has 0 aliphatic carbocycles. The number of unbranched alkanes of at least 4 members (excludes halogenated alkanes) is 6. The van der Waals surface area contributed by atoms with Crippen molar-refractivity contribution in [2.45, 2.75) is 78.1 Å². The van der Waals surface area contributed by atoms with Gasteiger partial charge in [-0.3, -0.25) is 0 Å². The van der Waals surface area contributed by atoms with Crippen LogP contribution in [0.1, 0.15) is 81.9 Å². The molecular formula is C20H32. The quantitative estimate of drug-likeness (QED) is 0.399. The Kier molecular flexibility index (Phi) is 9.11. The molecule has 112 valence electrons. The maximum atomic E-state index is 3.99. The highest BCUT2D eigenvalue weighted by Gasteiger charge is 2.02. The molecule has 1 aromatic carbocycles. The fraction of sp³-hybridized carbons (Fsp3) is 0.600. The molecule has 0 unspecified atom stereocenters. The molecule has 0 fully saturated rings. The average molecular weight is 272 g/mol. The maximum Gasteiger partial charge on any atom is -0.0228 e. The van der Waals surface area contributed by atoms with Crippen molar-refractivity contribution < 1.29 is 0 Å². The number of rotatable bonds is 11. The molecule has 0 bridgehead atoms. The van der Waals surface area contributed by atoms with Gasteiger partial charge in [0, 0.05) is 0 Å². The van der Waals surface area contributed by atoms with Gasteiger partial charge in [0.2, 0.25) is 0 Å². The van der Waals surface area contributed by atoms with E-state index in [1.807, 2.05) is 6.08 Å². The van der Waals surface area contributed by atoms with Gasteiger partial charge in [-0.1, -0.05) is 83.2 Å². The van der Waals surface area contributed by atoms with Crippen LogP contribution in [0.4, 0.5) is 0 Å². The second-order valence-electron chi connectivity index (χ2n) is 5.86. The van der Waals surface area contributed by atoms with Crippen LogP contribution in [0.15, 0.2) is 24.8 Å². The van der Waals surface area contributed by atoms with Gasteiger partial charge in [-0.15, -0.1) is 0 Å². The molecule has 0 heterocycles. The van der Waals surface area contributed by atoms with E-state index in [1.54, 1.807) is 0 Å². The molecule has 1 rings (SSSR count). The minimum atomic E-state index is 1.21. The van der Waals surface area contributed by atoms with E-state index in [0.717, 1.165) is 0 Å². The topological polar surface area (TPSA) is 0 Å². The van der Waals surface area contributed by atoms with E-state index in [2.05, 4.69) is 38.6 Å². The number of benzene rings is 1. The molecule has 0 amide bonds. The first-order chi connectivity index (χ1) is 9.81. The predicted octanol–water partition coefficient (Wildman–Crippen LogP) is 6.58. The molecule has 1 aromatic rings. The Labute approximate surface area is 126 Å². The molecule has 0 N–H and O–H groups in total. The second kappa shape index (κ2) is 10.7. The molecular weight excluding hydrogens is 240 g/mol. The number of hydrogen-bond donors (Lipinski definition) is 0. The largest absolute Gasteiger partial charge is 0.0985 e. The van der Waals surface area contributed by atoms with Gasteiger partial charge in [-0.2, -0.15) is 0 Å². The highest BCUT2D eigenvalue weighted by atomic mass is 14.1. The second-order valence-corrected chi connectivity index (χ2v) is 5.86. The van der Waals surface area contributed by atoms with Crippen LogP contribution in [0, 0.1) is 0 Å². The Bertz CT molecular complexity index is 376. The van der Waals surface area contributed by atoms with Gasteiger partial charge in [0.05, 0.1) is 0 Å². The van der Waals surface area contributed by atoms with Crippen LogP contribution in [-0.4, -0.2) is 0 Å². The highest BCUT2D eigenvalue weighted by Crippen LogP contribution is 2.18. The lowest BCUT2D eigenvalue weighted by molar-refractivity contribution is 0.663. The van der Waals surface area contributed by atoms with Crippen molar-refractivity contribution in [2.75, 3.05) is 0 Å². The smallest absolute Gasteiger partial charge is 0.0228 e. The summed E-state index contributed by atoms with van der Waals surface area (Å²) < 4.78 is 0. The Morgan fingerprint density at radius 3 is 2.10 bits per heavy atom. The SMILES string of the molecule is C=Cc1cc(CCCCCC)ccc1CCCCCC. The first-order valence-corrected chi connectivity index (χ1v) is 8.56. The third-order valence-corrected chi connectivity index (χ3v) is 4.05. The summed E-state index contributed by atoms with van der Waals surface area (Å²) in [6, 6.07) is 7.01. The van der Waals surface area contributed by atoms with E-state index < -0.39 is 0 Å². The molecule has 0 aliphatic rings. The van der Waals surface area contributed by atoms with Crippen LogP contribution in [0.25, 0.3) is 6.08 Å². The van der Waals surface area contributed by atoms with Crippen LogP contribution in [-0.2, 0) is 12.8 Å². The van der Waals surface area contributed by atoms with E-state index in [1.165, 1.54) is 80.9 Å².